The maximum absolute atomic E-state index is 12.9. The lowest BCUT2D eigenvalue weighted by Crippen LogP contribution is -2.34. The molecule has 11 heteroatoms. The number of sulfonamides is 1. The molecule has 0 saturated carbocycles. The third-order valence-corrected chi connectivity index (χ3v) is 7.77. The summed E-state index contributed by atoms with van der Waals surface area (Å²) in [7, 11) is -0.365. The van der Waals surface area contributed by atoms with Gasteiger partial charge in [0.1, 0.15) is 15.9 Å². The summed E-state index contributed by atoms with van der Waals surface area (Å²) in [6, 6.07) is 7.66. The van der Waals surface area contributed by atoms with Crippen molar-refractivity contribution in [3.05, 3.63) is 41.0 Å². The Morgan fingerprint density at radius 3 is 2.56 bits per heavy atom. The van der Waals surface area contributed by atoms with Gasteiger partial charge >= 0.3 is 0 Å². The van der Waals surface area contributed by atoms with Crippen molar-refractivity contribution in [2.75, 3.05) is 33.9 Å². The Kier molecular flexibility index (Phi) is 7.94. The minimum Gasteiger partial charge on any atom is -0.493 e. The normalized spacial score (nSPS) is 14.1. The Morgan fingerprint density at radius 1 is 1.12 bits per heavy atom. The molecule has 0 unspecified atom stereocenters. The van der Waals surface area contributed by atoms with Gasteiger partial charge < -0.3 is 9.47 Å². The Morgan fingerprint density at radius 2 is 1.84 bits per heavy atom. The first-order valence-electron chi connectivity index (χ1n) is 10.1. The summed E-state index contributed by atoms with van der Waals surface area (Å²) >= 11 is 1.02. The van der Waals surface area contributed by atoms with E-state index in [1.165, 1.54) is 11.1 Å². The second-order valence-corrected chi connectivity index (χ2v) is 9.83. The van der Waals surface area contributed by atoms with Crippen LogP contribution >= 0.6 is 24.1 Å². The standard InChI is InChI=1S/C21H26N4O4S2.ClH/c1-14-5-6-17-20(24-30-23-17)21(14)31(26,27)22-8-4-9-25-10-7-15-11-18(28-2)19(29-3)12-16(15)13-25;/h5-6,11-12,22H,4,7-10,13H2,1-3H3;1H. The first-order chi connectivity index (χ1) is 14.9. The summed E-state index contributed by atoms with van der Waals surface area (Å²) in [6.07, 6.45) is 1.64. The van der Waals surface area contributed by atoms with E-state index in [9.17, 15) is 8.42 Å². The number of methoxy groups -OCH3 is 2. The highest BCUT2D eigenvalue weighted by Gasteiger charge is 2.23. The average Bonchev–Trinajstić information content (AvgIpc) is 3.23. The molecule has 32 heavy (non-hydrogen) atoms. The van der Waals surface area contributed by atoms with Crippen molar-refractivity contribution in [2.24, 2.45) is 0 Å². The lowest BCUT2D eigenvalue weighted by molar-refractivity contribution is 0.250. The lowest BCUT2D eigenvalue weighted by atomic mass is 9.98. The molecule has 1 N–H and O–H groups in total. The second kappa shape index (κ2) is 10.3. The van der Waals surface area contributed by atoms with Gasteiger partial charge in [0.25, 0.3) is 0 Å². The maximum Gasteiger partial charge on any atom is 0.243 e. The van der Waals surface area contributed by atoms with Crippen LogP contribution in [0.1, 0.15) is 23.1 Å². The van der Waals surface area contributed by atoms with Crippen LogP contribution in [0.5, 0.6) is 11.5 Å². The maximum atomic E-state index is 12.9. The largest absolute Gasteiger partial charge is 0.493 e. The van der Waals surface area contributed by atoms with Gasteiger partial charge in [0, 0.05) is 19.6 Å². The Bertz CT molecular complexity index is 1200. The van der Waals surface area contributed by atoms with E-state index in [-0.39, 0.29) is 17.3 Å². The molecule has 174 valence electrons. The van der Waals surface area contributed by atoms with E-state index < -0.39 is 10.0 Å². The number of nitrogens with one attached hydrogen (secondary N) is 1. The number of hydrogen-bond donors (Lipinski definition) is 1. The Hall–Kier alpha value is -1.98. The minimum absolute atomic E-state index is 0. The van der Waals surface area contributed by atoms with Crippen LogP contribution in [0.15, 0.2) is 29.2 Å². The SMILES string of the molecule is COc1cc2c(cc1OC)CN(CCCNS(=O)(=O)c1c(C)ccc3nsnc13)CC2.Cl. The van der Waals surface area contributed by atoms with Crippen LogP contribution in [-0.2, 0) is 23.0 Å². The third kappa shape index (κ3) is 4.99. The monoisotopic (exact) mass is 498 g/mol. The highest BCUT2D eigenvalue weighted by molar-refractivity contribution is 7.89. The number of benzene rings is 2. The van der Waals surface area contributed by atoms with E-state index in [0.29, 0.717) is 29.6 Å². The van der Waals surface area contributed by atoms with Crippen LogP contribution in [-0.4, -0.2) is 55.9 Å². The third-order valence-electron chi connectivity index (χ3n) is 5.59. The molecule has 0 aliphatic carbocycles. The zero-order chi connectivity index (χ0) is 22.0. The van der Waals surface area contributed by atoms with Crippen molar-refractivity contribution < 1.29 is 17.9 Å². The molecule has 1 aliphatic heterocycles. The molecular weight excluding hydrogens is 472 g/mol. The predicted molar refractivity (Wildman–Crippen MR) is 128 cm³/mol. The highest BCUT2D eigenvalue weighted by Crippen LogP contribution is 2.33. The molecule has 0 radical (unpaired) electrons. The summed E-state index contributed by atoms with van der Waals surface area (Å²) in [5, 5.41) is 0. The second-order valence-electron chi connectivity index (χ2n) is 7.60. The molecular formula is C21H27ClN4O4S2. The molecule has 0 bridgehead atoms. The number of fused-ring (bicyclic) bond motifs is 2. The first-order valence-corrected chi connectivity index (χ1v) is 12.3. The quantitative estimate of drug-likeness (QED) is 0.477. The van der Waals surface area contributed by atoms with Crippen molar-refractivity contribution in [1.82, 2.24) is 18.4 Å². The van der Waals surface area contributed by atoms with Gasteiger partial charge in [-0.2, -0.15) is 8.75 Å². The molecule has 1 aliphatic rings. The van der Waals surface area contributed by atoms with Crippen molar-refractivity contribution in [3.8, 4) is 11.5 Å². The first kappa shape index (κ1) is 24.7. The Labute approximate surface area is 198 Å². The number of rotatable bonds is 8. The highest BCUT2D eigenvalue weighted by atomic mass is 35.5. The van der Waals surface area contributed by atoms with Gasteiger partial charge in [-0.05, 0) is 61.2 Å². The zero-order valence-corrected chi connectivity index (χ0v) is 20.7. The van der Waals surface area contributed by atoms with Crippen LogP contribution in [0.3, 0.4) is 0 Å². The number of ether oxygens (including phenoxy) is 2. The minimum atomic E-state index is -3.65. The van der Waals surface area contributed by atoms with E-state index in [1.807, 2.05) is 6.07 Å². The summed E-state index contributed by atoms with van der Waals surface area (Å²) in [5.41, 5.74) is 4.21. The zero-order valence-electron chi connectivity index (χ0n) is 18.3. The van der Waals surface area contributed by atoms with Crippen molar-refractivity contribution in [1.29, 1.82) is 0 Å². The number of halogens is 1. The smallest absolute Gasteiger partial charge is 0.243 e. The number of nitrogens with zero attached hydrogens (tertiary/aromatic N) is 3. The van der Waals surface area contributed by atoms with E-state index in [2.05, 4.69) is 24.4 Å². The van der Waals surface area contributed by atoms with E-state index >= 15 is 0 Å². The molecule has 3 aromatic rings. The lowest BCUT2D eigenvalue weighted by Gasteiger charge is -2.29. The average molecular weight is 499 g/mol. The van der Waals surface area contributed by atoms with Gasteiger partial charge in [-0.3, -0.25) is 4.90 Å². The summed E-state index contributed by atoms with van der Waals surface area (Å²) in [6.45, 7) is 4.69. The molecule has 0 spiro atoms. The number of aryl methyl sites for hydroxylation is 1. The summed E-state index contributed by atoms with van der Waals surface area (Å²) in [4.78, 5) is 2.56. The molecule has 0 atom stereocenters. The molecule has 2 heterocycles. The molecule has 8 nitrogen and oxygen atoms in total. The predicted octanol–water partition coefficient (Wildman–Crippen LogP) is 3.17. The van der Waals surface area contributed by atoms with Crippen LogP contribution < -0.4 is 14.2 Å². The van der Waals surface area contributed by atoms with Gasteiger partial charge in [-0.15, -0.1) is 12.4 Å². The van der Waals surface area contributed by atoms with Crippen LogP contribution in [0, 0.1) is 6.92 Å². The number of aromatic nitrogens is 2. The molecule has 4 rings (SSSR count). The van der Waals surface area contributed by atoms with Crippen molar-refractivity contribution in [2.45, 2.75) is 31.2 Å². The fourth-order valence-electron chi connectivity index (χ4n) is 3.98. The molecule has 0 amide bonds. The van der Waals surface area contributed by atoms with E-state index in [1.54, 1.807) is 33.3 Å². The molecule has 2 aromatic carbocycles. The molecule has 0 saturated heterocycles. The van der Waals surface area contributed by atoms with Gasteiger partial charge in [0.2, 0.25) is 10.0 Å². The van der Waals surface area contributed by atoms with Gasteiger partial charge in [-0.1, -0.05) is 6.07 Å². The number of hydrogen-bond acceptors (Lipinski definition) is 8. The summed E-state index contributed by atoms with van der Waals surface area (Å²) in [5.74, 6) is 1.49. The Balaban J connectivity index is 0.00000289. The summed E-state index contributed by atoms with van der Waals surface area (Å²) < 4.78 is 47.7. The van der Waals surface area contributed by atoms with Gasteiger partial charge in [-0.25, -0.2) is 13.1 Å². The fraction of sp³-hybridized carbons (Fsp3) is 0.429. The van der Waals surface area contributed by atoms with E-state index in [0.717, 1.165) is 49.3 Å². The van der Waals surface area contributed by atoms with E-state index in [4.69, 9.17) is 9.47 Å². The van der Waals surface area contributed by atoms with Crippen molar-refractivity contribution in [3.63, 3.8) is 0 Å². The fourth-order valence-corrected chi connectivity index (χ4v) is 6.04. The molecule has 0 fully saturated rings. The van der Waals surface area contributed by atoms with Crippen LogP contribution in [0.4, 0.5) is 0 Å². The van der Waals surface area contributed by atoms with Crippen LogP contribution in [0.2, 0.25) is 0 Å². The van der Waals surface area contributed by atoms with Gasteiger partial charge in [0.05, 0.1) is 25.9 Å². The van der Waals surface area contributed by atoms with Crippen LogP contribution in [0.25, 0.3) is 11.0 Å². The topological polar surface area (TPSA) is 93.7 Å². The molecule has 1 aromatic heterocycles. The van der Waals surface area contributed by atoms with Gasteiger partial charge in [0.15, 0.2) is 11.5 Å². The van der Waals surface area contributed by atoms with Crippen molar-refractivity contribution >= 4 is 45.2 Å².